The predicted molar refractivity (Wildman–Crippen MR) is 82.3 cm³/mol. The molecule has 0 aliphatic rings. The van der Waals surface area contributed by atoms with Gasteiger partial charge < -0.3 is 10.5 Å². The van der Waals surface area contributed by atoms with Gasteiger partial charge in [0.1, 0.15) is 11.6 Å². The first-order chi connectivity index (χ1) is 9.83. The van der Waals surface area contributed by atoms with Crippen LogP contribution in [0, 0.1) is 5.82 Å². The van der Waals surface area contributed by atoms with E-state index in [9.17, 15) is 12.8 Å². The molecule has 2 aromatic rings. The molecule has 0 aromatic heterocycles. The highest BCUT2D eigenvalue weighted by molar-refractivity contribution is 9.10. The van der Waals surface area contributed by atoms with Crippen LogP contribution in [0.2, 0.25) is 0 Å². The molecule has 0 saturated carbocycles. The minimum absolute atomic E-state index is 0.117. The zero-order chi connectivity index (χ0) is 15.6. The molecule has 3 N–H and O–H groups in total. The van der Waals surface area contributed by atoms with Gasteiger partial charge in [0.25, 0.3) is 10.0 Å². The van der Waals surface area contributed by atoms with Gasteiger partial charge in [0.15, 0.2) is 0 Å². The number of anilines is 2. The van der Waals surface area contributed by atoms with Gasteiger partial charge in [0.05, 0.1) is 23.4 Å². The van der Waals surface area contributed by atoms with Crippen LogP contribution in [0.15, 0.2) is 45.8 Å². The van der Waals surface area contributed by atoms with Gasteiger partial charge >= 0.3 is 0 Å². The van der Waals surface area contributed by atoms with Crippen molar-refractivity contribution in [2.75, 3.05) is 17.6 Å². The summed E-state index contributed by atoms with van der Waals surface area (Å²) in [7, 11) is -2.53. The van der Waals surface area contributed by atoms with Gasteiger partial charge in [-0.25, -0.2) is 12.8 Å². The van der Waals surface area contributed by atoms with Crippen LogP contribution < -0.4 is 15.2 Å². The van der Waals surface area contributed by atoms with Gasteiger partial charge in [-0.1, -0.05) is 15.9 Å². The fourth-order valence-corrected chi connectivity index (χ4v) is 3.07. The fraction of sp³-hybridized carbons (Fsp3) is 0.0769. The summed E-state index contributed by atoms with van der Waals surface area (Å²) in [4.78, 5) is -0.226. The number of nitrogen functional groups attached to an aromatic ring is 1. The number of hydrogen-bond acceptors (Lipinski definition) is 4. The van der Waals surface area contributed by atoms with Crippen molar-refractivity contribution in [3.8, 4) is 5.75 Å². The number of nitrogens with two attached hydrogens (primary N) is 1. The van der Waals surface area contributed by atoms with E-state index in [0.29, 0.717) is 10.2 Å². The van der Waals surface area contributed by atoms with Crippen LogP contribution in [-0.4, -0.2) is 15.5 Å². The Bertz CT molecular complexity index is 781. The maximum atomic E-state index is 13.4. The number of nitrogens with one attached hydrogen (secondary N) is 1. The van der Waals surface area contributed by atoms with E-state index in [4.69, 9.17) is 10.5 Å². The van der Waals surface area contributed by atoms with Crippen LogP contribution >= 0.6 is 15.9 Å². The normalized spacial score (nSPS) is 11.2. The van der Waals surface area contributed by atoms with E-state index >= 15 is 0 Å². The van der Waals surface area contributed by atoms with Gasteiger partial charge in [-0.05, 0) is 36.4 Å². The Morgan fingerprint density at radius 2 is 1.95 bits per heavy atom. The average molecular weight is 375 g/mol. The molecule has 5 nitrogen and oxygen atoms in total. The molecule has 0 bridgehead atoms. The second-order valence-electron chi connectivity index (χ2n) is 4.13. The second kappa shape index (κ2) is 5.90. The lowest BCUT2D eigenvalue weighted by atomic mass is 10.3. The molecule has 2 aromatic carbocycles. The Labute approximate surface area is 130 Å². The highest BCUT2D eigenvalue weighted by Gasteiger charge is 2.18. The molecule has 8 heteroatoms. The third-order valence-electron chi connectivity index (χ3n) is 2.69. The Balaban J connectivity index is 2.41. The molecule has 2 rings (SSSR count). The van der Waals surface area contributed by atoms with E-state index in [1.807, 2.05) is 0 Å². The number of halogens is 2. The van der Waals surface area contributed by atoms with Gasteiger partial charge in [-0.15, -0.1) is 0 Å². The highest BCUT2D eigenvalue weighted by atomic mass is 79.9. The van der Waals surface area contributed by atoms with Crippen LogP contribution in [0.1, 0.15) is 0 Å². The molecular formula is C13H12BrFN2O3S. The Hall–Kier alpha value is -1.80. The summed E-state index contributed by atoms with van der Waals surface area (Å²) in [5.74, 6) is -0.447. The largest absolute Gasteiger partial charge is 0.495 e. The molecular weight excluding hydrogens is 363 g/mol. The van der Waals surface area contributed by atoms with Gasteiger partial charge in [0.2, 0.25) is 0 Å². The van der Waals surface area contributed by atoms with Gasteiger partial charge in [-0.2, -0.15) is 0 Å². The number of rotatable bonds is 4. The quantitative estimate of drug-likeness (QED) is 0.806. The second-order valence-corrected chi connectivity index (χ2v) is 6.73. The predicted octanol–water partition coefficient (Wildman–Crippen LogP) is 2.98. The van der Waals surface area contributed by atoms with E-state index in [1.54, 1.807) is 18.2 Å². The topological polar surface area (TPSA) is 81.4 Å². The first kappa shape index (κ1) is 15.6. The summed E-state index contributed by atoms with van der Waals surface area (Å²) in [5, 5.41) is 0. The first-order valence-corrected chi connectivity index (χ1v) is 8.02. The Morgan fingerprint density at radius 3 is 2.57 bits per heavy atom. The lowest BCUT2D eigenvalue weighted by molar-refractivity contribution is 0.417. The number of methoxy groups -OCH3 is 1. The minimum Gasteiger partial charge on any atom is -0.495 e. The lowest BCUT2D eigenvalue weighted by Crippen LogP contribution is -2.14. The van der Waals surface area contributed by atoms with Crippen LogP contribution in [0.25, 0.3) is 0 Å². The smallest absolute Gasteiger partial charge is 0.262 e. The van der Waals surface area contributed by atoms with Crippen molar-refractivity contribution in [1.82, 2.24) is 0 Å². The maximum Gasteiger partial charge on any atom is 0.262 e. The summed E-state index contributed by atoms with van der Waals surface area (Å²) in [6.07, 6.45) is 0. The molecule has 21 heavy (non-hydrogen) atoms. The average Bonchev–Trinajstić information content (AvgIpc) is 2.41. The van der Waals surface area contributed by atoms with Crippen molar-refractivity contribution < 1.29 is 17.5 Å². The zero-order valence-electron chi connectivity index (χ0n) is 10.9. The highest BCUT2D eigenvalue weighted by Crippen LogP contribution is 2.30. The number of ether oxygens (including phenoxy) is 1. The summed E-state index contributed by atoms with van der Waals surface area (Å²) in [6, 6.07) is 8.14. The molecule has 0 radical (unpaired) electrons. The van der Waals surface area contributed by atoms with Gasteiger partial charge in [-0.3, -0.25) is 4.72 Å². The third kappa shape index (κ3) is 3.45. The van der Waals surface area contributed by atoms with Crippen molar-refractivity contribution in [3.05, 3.63) is 46.7 Å². The summed E-state index contributed by atoms with van der Waals surface area (Å²) < 4.78 is 46.0. The SMILES string of the molecule is COc1ccc(Br)cc1NS(=O)(=O)c1ccc(N)c(F)c1. The van der Waals surface area contributed by atoms with Crippen LogP contribution in [0.5, 0.6) is 5.75 Å². The van der Waals surface area contributed by atoms with Crippen molar-refractivity contribution in [1.29, 1.82) is 0 Å². The molecule has 112 valence electrons. The molecule has 0 heterocycles. The zero-order valence-corrected chi connectivity index (χ0v) is 13.3. The summed E-state index contributed by atoms with van der Waals surface area (Å²) >= 11 is 3.24. The molecule has 0 atom stereocenters. The molecule has 0 aliphatic carbocycles. The monoisotopic (exact) mass is 374 g/mol. The molecule has 0 aliphatic heterocycles. The van der Waals surface area contributed by atoms with Crippen LogP contribution in [0.4, 0.5) is 15.8 Å². The van der Waals surface area contributed by atoms with Crippen molar-refractivity contribution in [2.24, 2.45) is 0 Å². The van der Waals surface area contributed by atoms with Gasteiger partial charge in [0, 0.05) is 4.47 Å². The summed E-state index contributed by atoms with van der Waals surface area (Å²) in [6.45, 7) is 0. The van der Waals surface area contributed by atoms with Crippen LogP contribution in [0.3, 0.4) is 0 Å². The molecule has 0 spiro atoms. The van der Waals surface area contributed by atoms with Crippen molar-refractivity contribution >= 4 is 37.3 Å². The first-order valence-electron chi connectivity index (χ1n) is 5.75. The van der Waals surface area contributed by atoms with Crippen molar-refractivity contribution in [3.63, 3.8) is 0 Å². The number of sulfonamides is 1. The fourth-order valence-electron chi connectivity index (χ4n) is 1.64. The minimum atomic E-state index is -3.95. The Morgan fingerprint density at radius 1 is 1.24 bits per heavy atom. The van der Waals surface area contributed by atoms with Crippen LogP contribution in [-0.2, 0) is 10.0 Å². The van der Waals surface area contributed by atoms with E-state index in [0.717, 1.165) is 6.07 Å². The Kier molecular flexibility index (Phi) is 4.38. The molecule has 0 unspecified atom stereocenters. The number of benzene rings is 2. The maximum absolute atomic E-state index is 13.4. The number of hydrogen-bond donors (Lipinski definition) is 2. The molecule has 0 amide bonds. The lowest BCUT2D eigenvalue weighted by Gasteiger charge is -2.12. The van der Waals surface area contributed by atoms with E-state index in [2.05, 4.69) is 20.7 Å². The van der Waals surface area contributed by atoms with E-state index in [-0.39, 0.29) is 16.3 Å². The molecule has 0 fully saturated rings. The third-order valence-corrected chi connectivity index (χ3v) is 4.54. The standard InChI is InChI=1S/C13H12BrFN2O3S/c1-20-13-5-2-8(14)6-12(13)17-21(18,19)9-3-4-11(16)10(15)7-9/h2-7,17H,16H2,1H3. The van der Waals surface area contributed by atoms with E-state index < -0.39 is 15.8 Å². The van der Waals surface area contributed by atoms with E-state index in [1.165, 1.54) is 19.2 Å². The van der Waals surface area contributed by atoms with Crippen molar-refractivity contribution in [2.45, 2.75) is 4.90 Å². The summed E-state index contributed by atoms with van der Waals surface area (Å²) in [5.41, 5.74) is 5.46. The molecule has 0 saturated heterocycles.